The Bertz CT molecular complexity index is 1270. The molecule has 0 bridgehead atoms. The van der Waals surface area contributed by atoms with Crippen molar-refractivity contribution in [1.29, 1.82) is 0 Å². The molecule has 3 atom stereocenters. The third-order valence-corrected chi connectivity index (χ3v) is 10.1. The average molecular weight is 584 g/mol. The van der Waals surface area contributed by atoms with E-state index in [9.17, 15) is 26.7 Å². The molecule has 2 rings (SSSR count). The maximum atomic E-state index is 13.6. The number of nitrogens with one attached hydrogen (secondary N) is 1. The Kier molecular flexibility index (Phi) is 11.9. The summed E-state index contributed by atoms with van der Waals surface area (Å²) in [5, 5.41) is 14.1. The van der Waals surface area contributed by atoms with Gasteiger partial charge in [0, 0.05) is 27.2 Å². The van der Waals surface area contributed by atoms with Crippen molar-refractivity contribution in [2.45, 2.75) is 44.2 Å². The molecule has 10 nitrogen and oxygen atoms in total. The van der Waals surface area contributed by atoms with E-state index in [4.69, 9.17) is 4.74 Å². The van der Waals surface area contributed by atoms with Crippen LogP contribution in [0.3, 0.4) is 0 Å². The van der Waals surface area contributed by atoms with E-state index >= 15 is 0 Å². The second-order valence-electron chi connectivity index (χ2n) is 10.2. The van der Waals surface area contributed by atoms with Gasteiger partial charge >= 0.3 is 0 Å². The van der Waals surface area contributed by atoms with Crippen molar-refractivity contribution in [2.24, 2.45) is 11.8 Å². The van der Waals surface area contributed by atoms with Crippen molar-refractivity contribution in [3.8, 4) is 5.75 Å². The molecule has 39 heavy (non-hydrogen) atoms. The maximum Gasteiger partial charge on any atom is 0.243 e. The van der Waals surface area contributed by atoms with Gasteiger partial charge in [-0.25, -0.2) is 21.1 Å². The lowest BCUT2D eigenvalue weighted by molar-refractivity contribution is -0.125. The van der Waals surface area contributed by atoms with E-state index in [-0.39, 0.29) is 30.3 Å². The van der Waals surface area contributed by atoms with Crippen molar-refractivity contribution < 1.29 is 31.5 Å². The summed E-state index contributed by atoms with van der Waals surface area (Å²) < 4.78 is 59.1. The number of ether oxygens (including phenoxy) is 1. The van der Waals surface area contributed by atoms with Gasteiger partial charge in [-0.15, -0.1) is 0 Å². The summed E-state index contributed by atoms with van der Waals surface area (Å²) in [6.45, 7) is 5.13. The molecule has 0 aliphatic carbocycles. The zero-order valence-corrected chi connectivity index (χ0v) is 25.1. The maximum absolute atomic E-state index is 13.6. The predicted molar refractivity (Wildman–Crippen MR) is 151 cm³/mol. The van der Waals surface area contributed by atoms with Crippen LogP contribution >= 0.6 is 0 Å². The van der Waals surface area contributed by atoms with Crippen LogP contribution in [0.2, 0.25) is 0 Å². The van der Waals surface area contributed by atoms with Gasteiger partial charge in [0.05, 0.1) is 35.8 Å². The van der Waals surface area contributed by atoms with Crippen LogP contribution in [0.15, 0.2) is 59.5 Å². The van der Waals surface area contributed by atoms with Crippen LogP contribution in [0.25, 0.3) is 0 Å². The molecule has 1 amide bonds. The quantitative estimate of drug-likeness (QED) is 0.327. The molecular weight excluding hydrogens is 542 g/mol. The van der Waals surface area contributed by atoms with Crippen molar-refractivity contribution in [1.82, 2.24) is 13.9 Å². The number of amides is 1. The number of sulfonamides is 2. The van der Waals surface area contributed by atoms with Crippen LogP contribution in [-0.4, -0.2) is 88.7 Å². The molecule has 2 aromatic carbocycles. The van der Waals surface area contributed by atoms with Crippen molar-refractivity contribution in [3.05, 3.63) is 60.2 Å². The number of hydrogen-bond donors (Lipinski definition) is 2. The lowest BCUT2D eigenvalue weighted by Gasteiger charge is -2.31. The van der Waals surface area contributed by atoms with Crippen molar-refractivity contribution in [3.63, 3.8) is 0 Å². The van der Waals surface area contributed by atoms with Gasteiger partial charge in [0.15, 0.2) is 0 Å². The Balaban J connectivity index is 2.33. The normalized spacial score (nSPS) is 14.8. The van der Waals surface area contributed by atoms with Crippen molar-refractivity contribution in [2.75, 3.05) is 40.0 Å². The summed E-state index contributed by atoms with van der Waals surface area (Å²) in [4.78, 5) is 13.1. The minimum Gasteiger partial charge on any atom is -0.497 e. The first kappa shape index (κ1) is 32.7. The lowest BCUT2D eigenvalue weighted by atomic mass is 10.00. The Labute approximate surface area is 233 Å². The first-order valence-corrected chi connectivity index (χ1v) is 15.8. The van der Waals surface area contributed by atoms with Gasteiger partial charge in [-0.1, -0.05) is 51.1 Å². The number of nitrogens with zero attached hydrogens (tertiary/aromatic N) is 2. The highest BCUT2D eigenvalue weighted by molar-refractivity contribution is 7.89. The second kappa shape index (κ2) is 14.2. The molecule has 0 spiro atoms. The Morgan fingerprint density at radius 1 is 0.949 bits per heavy atom. The molecular formula is C27H41N3O7S2. The number of hydrogen-bond acceptors (Lipinski definition) is 7. The highest BCUT2D eigenvalue weighted by Gasteiger charge is 2.32. The largest absolute Gasteiger partial charge is 0.497 e. The SMILES string of the molecule is COc1ccc(S(=O)(=O)N(CC(C)C)C[C@@H](O)[C@H](Cc2ccccc2)NC(=O)[C@H](C)CS(=O)(=O)N(C)C)cc1. The molecule has 0 radical (unpaired) electrons. The fourth-order valence-electron chi connectivity index (χ4n) is 3.93. The van der Waals surface area contributed by atoms with Gasteiger partial charge in [0.25, 0.3) is 0 Å². The topological polar surface area (TPSA) is 133 Å². The standard InChI is InChI=1S/C27H41N3O7S2/c1-20(2)17-30(39(35,36)24-14-12-23(37-6)13-15-24)18-26(31)25(16-22-10-8-7-9-11-22)28-27(32)21(3)19-38(33,34)29(4)5/h7-15,20-21,25-26,31H,16-19H2,1-6H3,(H,28,32)/t21-,25+,26-/m1/s1. The first-order valence-electron chi connectivity index (χ1n) is 12.7. The van der Waals surface area contributed by atoms with Crippen molar-refractivity contribution >= 4 is 26.0 Å². The Hall–Kier alpha value is -2.51. The monoisotopic (exact) mass is 583 g/mol. The van der Waals surface area contributed by atoms with Crippen LogP contribution in [0.4, 0.5) is 0 Å². The molecule has 0 saturated heterocycles. The van der Waals surface area contributed by atoms with Gasteiger partial charge in [0.1, 0.15) is 5.75 Å². The van der Waals surface area contributed by atoms with Gasteiger partial charge in [0.2, 0.25) is 26.0 Å². The third kappa shape index (κ3) is 9.57. The van der Waals surface area contributed by atoms with Crippen LogP contribution in [0, 0.1) is 11.8 Å². The van der Waals surface area contributed by atoms with Gasteiger partial charge in [-0.2, -0.15) is 4.31 Å². The number of carbonyl (C=O) groups excluding carboxylic acids is 1. The Morgan fingerprint density at radius 2 is 1.54 bits per heavy atom. The number of aliphatic hydroxyl groups is 1. The van der Waals surface area contributed by atoms with E-state index in [1.54, 1.807) is 12.1 Å². The summed E-state index contributed by atoms with van der Waals surface area (Å²) in [6.07, 6.45) is -1.06. The van der Waals surface area contributed by atoms with E-state index < -0.39 is 49.8 Å². The smallest absolute Gasteiger partial charge is 0.243 e. The highest BCUT2D eigenvalue weighted by Crippen LogP contribution is 2.22. The number of carbonyl (C=O) groups is 1. The molecule has 0 aliphatic rings. The van der Waals surface area contributed by atoms with Crippen LogP contribution in [0.1, 0.15) is 26.3 Å². The molecule has 0 saturated carbocycles. The number of aliphatic hydroxyl groups excluding tert-OH is 1. The fraction of sp³-hybridized carbons (Fsp3) is 0.519. The molecule has 0 aromatic heterocycles. The molecule has 218 valence electrons. The summed E-state index contributed by atoms with van der Waals surface area (Å²) in [7, 11) is -3.33. The van der Waals surface area contributed by atoms with E-state index in [2.05, 4.69) is 5.32 Å². The van der Waals surface area contributed by atoms with E-state index in [0.717, 1.165) is 9.87 Å². The third-order valence-electron chi connectivity index (χ3n) is 6.21. The first-order chi connectivity index (χ1) is 18.2. The Morgan fingerprint density at radius 3 is 2.05 bits per heavy atom. The molecule has 12 heteroatoms. The van der Waals surface area contributed by atoms with Crippen LogP contribution in [0.5, 0.6) is 5.75 Å². The van der Waals surface area contributed by atoms with Gasteiger partial charge in [-0.3, -0.25) is 4.79 Å². The second-order valence-corrected chi connectivity index (χ2v) is 14.4. The molecule has 0 fully saturated rings. The van der Waals surface area contributed by atoms with Gasteiger partial charge in [-0.05, 0) is 42.2 Å². The van der Waals surface area contributed by atoms with E-state index in [1.807, 2.05) is 44.2 Å². The molecule has 0 unspecified atom stereocenters. The predicted octanol–water partition coefficient (Wildman–Crippen LogP) is 1.96. The van der Waals surface area contributed by atoms with Crippen LogP contribution < -0.4 is 10.1 Å². The summed E-state index contributed by atoms with van der Waals surface area (Å²) >= 11 is 0. The minimum atomic E-state index is -3.98. The number of methoxy groups -OCH3 is 1. The average Bonchev–Trinajstić information content (AvgIpc) is 2.87. The van der Waals surface area contributed by atoms with Gasteiger partial charge < -0.3 is 15.2 Å². The van der Waals surface area contributed by atoms with E-state index in [0.29, 0.717) is 5.75 Å². The molecule has 0 heterocycles. The number of rotatable bonds is 15. The minimum absolute atomic E-state index is 0.0383. The van der Waals surface area contributed by atoms with Crippen LogP contribution in [-0.2, 0) is 31.3 Å². The summed E-state index contributed by atoms with van der Waals surface area (Å²) in [5.41, 5.74) is 0.823. The zero-order valence-electron chi connectivity index (χ0n) is 23.4. The highest BCUT2D eigenvalue weighted by atomic mass is 32.2. The molecule has 0 aliphatic heterocycles. The molecule has 2 N–H and O–H groups in total. The summed E-state index contributed by atoms with van der Waals surface area (Å²) in [6, 6.07) is 14.3. The lowest BCUT2D eigenvalue weighted by Crippen LogP contribution is -2.52. The number of benzene rings is 2. The fourth-order valence-corrected chi connectivity index (χ4v) is 6.63. The molecule has 2 aromatic rings. The van der Waals surface area contributed by atoms with E-state index in [1.165, 1.54) is 44.6 Å². The summed E-state index contributed by atoms with van der Waals surface area (Å²) in [5.74, 6) is -1.36. The zero-order chi connectivity index (χ0) is 29.4.